The first-order valence-corrected chi connectivity index (χ1v) is 6.47. The normalized spacial score (nSPS) is 17.4. The van der Waals surface area contributed by atoms with Gasteiger partial charge in [-0.25, -0.2) is 0 Å². The van der Waals surface area contributed by atoms with E-state index in [2.05, 4.69) is 5.32 Å². The molecule has 1 unspecified atom stereocenters. The number of rotatable bonds is 4. The minimum atomic E-state index is -0.677. The van der Waals surface area contributed by atoms with Gasteiger partial charge in [-0.15, -0.1) is 12.4 Å². The second kappa shape index (κ2) is 7.24. The summed E-state index contributed by atoms with van der Waals surface area (Å²) in [5, 5.41) is 23.3. The molecular weight excluding hydrogens is 298 g/mol. The quantitative estimate of drug-likeness (QED) is 0.649. The average Bonchev–Trinajstić information content (AvgIpc) is 2.86. The predicted molar refractivity (Wildman–Crippen MR) is 80.0 cm³/mol. The summed E-state index contributed by atoms with van der Waals surface area (Å²) in [6.45, 7) is 1.38. The minimum Gasteiger partial charge on any atom is -0.502 e. The number of phenolic OH excluding ortho intramolecular Hbond substituents is 1. The molecule has 7 nitrogen and oxygen atoms in total. The molecule has 8 heteroatoms. The van der Waals surface area contributed by atoms with E-state index >= 15 is 0 Å². The molecule has 1 amide bonds. The summed E-state index contributed by atoms with van der Waals surface area (Å²) in [5.41, 5.74) is -0.120. The van der Waals surface area contributed by atoms with E-state index in [9.17, 15) is 20.0 Å². The molecule has 0 spiro atoms. The molecule has 1 aliphatic heterocycles. The van der Waals surface area contributed by atoms with E-state index in [1.165, 1.54) is 6.07 Å². The van der Waals surface area contributed by atoms with Gasteiger partial charge >= 0.3 is 5.69 Å². The number of carbonyl (C=O) groups excluding carboxylic acids is 1. The van der Waals surface area contributed by atoms with Crippen LogP contribution in [0.15, 0.2) is 18.2 Å². The highest BCUT2D eigenvalue weighted by Crippen LogP contribution is 2.28. The first kappa shape index (κ1) is 17.2. The van der Waals surface area contributed by atoms with Gasteiger partial charge in [-0.2, -0.15) is 0 Å². The van der Waals surface area contributed by atoms with E-state index in [0.717, 1.165) is 25.0 Å². The standard InChI is InChI=1S/C13H17N3O4.ClH/c1-14-8-10-3-2-6-15(10)13(18)9-4-5-11(16(19)20)12(17)7-9;/h4-5,7,10,14,17H,2-3,6,8H2,1H3;1H. The Labute approximate surface area is 128 Å². The maximum atomic E-state index is 12.4. The van der Waals surface area contributed by atoms with Crippen LogP contribution in [0.5, 0.6) is 5.75 Å². The molecule has 116 valence electrons. The Bertz CT molecular complexity index is 538. The van der Waals surface area contributed by atoms with Crippen LogP contribution in [0.2, 0.25) is 0 Å². The van der Waals surface area contributed by atoms with Gasteiger partial charge in [0, 0.05) is 30.8 Å². The maximum absolute atomic E-state index is 12.4. The van der Waals surface area contributed by atoms with E-state index in [1.807, 2.05) is 7.05 Å². The monoisotopic (exact) mass is 315 g/mol. The lowest BCUT2D eigenvalue weighted by atomic mass is 10.1. The summed E-state index contributed by atoms with van der Waals surface area (Å²) >= 11 is 0. The molecule has 1 heterocycles. The van der Waals surface area contributed by atoms with Gasteiger partial charge in [0.2, 0.25) is 0 Å². The van der Waals surface area contributed by atoms with E-state index < -0.39 is 16.4 Å². The zero-order valence-corrected chi connectivity index (χ0v) is 12.4. The lowest BCUT2D eigenvalue weighted by Crippen LogP contribution is -2.40. The number of hydrogen-bond acceptors (Lipinski definition) is 5. The van der Waals surface area contributed by atoms with Gasteiger partial charge in [0.1, 0.15) is 0 Å². The molecule has 1 aromatic carbocycles. The number of aromatic hydroxyl groups is 1. The highest BCUT2D eigenvalue weighted by molar-refractivity contribution is 5.95. The number of benzene rings is 1. The van der Waals surface area contributed by atoms with Crippen molar-refractivity contribution < 1.29 is 14.8 Å². The van der Waals surface area contributed by atoms with Crippen molar-refractivity contribution in [2.24, 2.45) is 0 Å². The molecule has 1 saturated heterocycles. The zero-order valence-electron chi connectivity index (χ0n) is 11.6. The third kappa shape index (κ3) is 3.62. The smallest absolute Gasteiger partial charge is 0.310 e. The van der Waals surface area contributed by atoms with E-state index in [4.69, 9.17) is 0 Å². The summed E-state index contributed by atoms with van der Waals surface area (Å²) in [6, 6.07) is 3.83. The Morgan fingerprint density at radius 3 is 2.86 bits per heavy atom. The fraction of sp³-hybridized carbons (Fsp3) is 0.462. The number of nitro benzene ring substituents is 1. The van der Waals surface area contributed by atoms with Crippen molar-refractivity contribution in [3.63, 3.8) is 0 Å². The Hall–Kier alpha value is -1.86. The van der Waals surface area contributed by atoms with Gasteiger partial charge < -0.3 is 15.3 Å². The third-order valence-corrected chi connectivity index (χ3v) is 3.50. The van der Waals surface area contributed by atoms with Crippen molar-refractivity contribution in [2.75, 3.05) is 20.1 Å². The number of amides is 1. The summed E-state index contributed by atoms with van der Waals surface area (Å²) in [7, 11) is 1.83. The molecule has 0 bridgehead atoms. The van der Waals surface area contributed by atoms with Crippen LogP contribution in [0.25, 0.3) is 0 Å². The summed E-state index contributed by atoms with van der Waals surface area (Å²) < 4.78 is 0. The van der Waals surface area contributed by atoms with Gasteiger partial charge in [0.15, 0.2) is 5.75 Å². The van der Waals surface area contributed by atoms with Gasteiger partial charge in [-0.1, -0.05) is 0 Å². The lowest BCUT2D eigenvalue weighted by molar-refractivity contribution is -0.385. The number of likely N-dealkylation sites (N-methyl/N-ethyl adjacent to an activating group) is 1. The molecule has 2 rings (SSSR count). The maximum Gasteiger partial charge on any atom is 0.310 e. The van der Waals surface area contributed by atoms with Gasteiger partial charge in [0.05, 0.1) is 4.92 Å². The fourth-order valence-electron chi connectivity index (χ4n) is 2.53. The Morgan fingerprint density at radius 2 is 2.29 bits per heavy atom. The number of carbonyl (C=O) groups is 1. The van der Waals surface area contributed by atoms with Gasteiger partial charge in [-0.3, -0.25) is 14.9 Å². The van der Waals surface area contributed by atoms with Crippen LogP contribution in [0.4, 0.5) is 5.69 Å². The first-order chi connectivity index (χ1) is 9.54. The number of phenols is 1. The number of likely N-dealkylation sites (tertiary alicyclic amines) is 1. The van der Waals surface area contributed by atoms with Crippen LogP contribution in [0.3, 0.4) is 0 Å². The second-order valence-electron chi connectivity index (χ2n) is 4.81. The van der Waals surface area contributed by atoms with Gasteiger partial charge in [0.25, 0.3) is 5.91 Å². The molecular formula is C13H18ClN3O4. The lowest BCUT2D eigenvalue weighted by Gasteiger charge is -2.24. The Morgan fingerprint density at radius 1 is 1.57 bits per heavy atom. The molecule has 2 N–H and O–H groups in total. The summed E-state index contributed by atoms with van der Waals surface area (Å²) in [4.78, 5) is 24.1. The van der Waals surface area contributed by atoms with Crippen LogP contribution in [-0.4, -0.2) is 47.0 Å². The van der Waals surface area contributed by atoms with E-state index in [0.29, 0.717) is 13.1 Å². The number of hydrogen-bond donors (Lipinski definition) is 2. The predicted octanol–water partition coefficient (Wildman–Crippen LogP) is 1.55. The molecule has 0 saturated carbocycles. The highest BCUT2D eigenvalue weighted by Gasteiger charge is 2.29. The molecule has 1 aromatic rings. The largest absolute Gasteiger partial charge is 0.502 e. The highest BCUT2D eigenvalue weighted by atomic mass is 35.5. The minimum absolute atomic E-state index is 0. The first-order valence-electron chi connectivity index (χ1n) is 6.47. The zero-order chi connectivity index (χ0) is 14.7. The van der Waals surface area contributed by atoms with Gasteiger partial charge in [-0.05, 0) is 32.0 Å². The third-order valence-electron chi connectivity index (χ3n) is 3.50. The second-order valence-corrected chi connectivity index (χ2v) is 4.81. The molecule has 1 fully saturated rings. The van der Waals surface area contributed by atoms with Crippen LogP contribution in [0.1, 0.15) is 23.2 Å². The Balaban J connectivity index is 0.00000220. The summed E-state index contributed by atoms with van der Waals surface area (Å²) in [6.07, 6.45) is 1.88. The number of nitrogens with one attached hydrogen (secondary N) is 1. The molecule has 1 atom stereocenters. The molecule has 21 heavy (non-hydrogen) atoms. The molecule has 0 aromatic heterocycles. The van der Waals surface area contributed by atoms with Crippen molar-refractivity contribution in [3.8, 4) is 5.75 Å². The molecule has 0 radical (unpaired) electrons. The van der Waals surface area contributed by atoms with Crippen molar-refractivity contribution >= 4 is 24.0 Å². The number of nitrogens with zero attached hydrogens (tertiary/aromatic N) is 2. The number of nitro groups is 1. The molecule has 0 aliphatic carbocycles. The van der Waals surface area contributed by atoms with Crippen LogP contribution >= 0.6 is 12.4 Å². The molecule has 1 aliphatic rings. The topological polar surface area (TPSA) is 95.7 Å². The van der Waals surface area contributed by atoms with E-state index in [-0.39, 0.29) is 29.9 Å². The Kier molecular flexibility index (Phi) is 5.92. The SMILES string of the molecule is CNCC1CCCN1C(=O)c1ccc([N+](=O)[O-])c(O)c1.Cl. The van der Waals surface area contributed by atoms with Crippen LogP contribution in [0, 0.1) is 10.1 Å². The van der Waals surface area contributed by atoms with Crippen molar-refractivity contribution in [3.05, 3.63) is 33.9 Å². The van der Waals surface area contributed by atoms with Crippen molar-refractivity contribution in [1.82, 2.24) is 10.2 Å². The fourth-order valence-corrected chi connectivity index (χ4v) is 2.53. The van der Waals surface area contributed by atoms with Crippen molar-refractivity contribution in [2.45, 2.75) is 18.9 Å². The van der Waals surface area contributed by atoms with Crippen LogP contribution < -0.4 is 5.32 Å². The van der Waals surface area contributed by atoms with E-state index in [1.54, 1.807) is 4.90 Å². The summed E-state index contributed by atoms with van der Waals surface area (Å²) in [5.74, 6) is -0.682. The average molecular weight is 316 g/mol. The van der Waals surface area contributed by atoms with Crippen molar-refractivity contribution in [1.29, 1.82) is 0 Å². The van der Waals surface area contributed by atoms with Crippen LogP contribution in [-0.2, 0) is 0 Å². The number of halogens is 1.